The number of carbonyl (C=O) groups excluding carboxylic acids is 1. The molecule has 1 aromatic heterocycles. The highest BCUT2D eigenvalue weighted by molar-refractivity contribution is 5.83. The molecule has 3 atom stereocenters. The van der Waals surface area contributed by atoms with E-state index in [9.17, 15) is 4.79 Å². The molecule has 2 fully saturated rings. The fourth-order valence-electron chi connectivity index (χ4n) is 6.95. The Morgan fingerprint density at radius 1 is 1.11 bits per heavy atom. The molecule has 1 amide bonds. The molecular weight excluding hydrogens is 472 g/mol. The molecule has 2 saturated heterocycles. The highest BCUT2D eigenvalue weighted by Crippen LogP contribution is 2.29. The van der Waals surface area contributed by atoms with Crippen molar-refractivity contribution < 1.29 is 9.53 Å². The first-order chi connectivity index (χ1) is 18.6. The van der Waals surface area contributed by atoms with Gasteiger partial charge in [-0.15, -0.1) is 0 Å². The van der Waals surface area contributed by atoms with Crippen LogP contribution in [0.3, 0.4) is 0 Å². The second-order valence-electron chi connectivity index (χ2n) is 11.8. The number of piperidine rings is 1. The van der Waals surface area contributed by atoms with Crippen LogP contribution in [0.4, 0.5) is 0 Å². The summed E-state index contributed by atoms with van der Waals surface area (Å²) in [6.07, 6.45) is 10.2. The van der Waals surface area contributed by atoms with Crippen molar-refractivity contribution in [3.8, 4) is 5.75 Å². The van der Waals surface area contributed by atoms with Gasteiger partial charge in [-0.2, -0.15) is 0 Å². The number of rotatable bonds is 9. The van der Waals surface area contributed by atoms with Crippen molar-refractivity contribution in [1.82, 2.24) is 20.1 Å². The number of carbonyl (C=O) groups is 1. The van der Waals surface area contributed by atoms with E-state index in [0.29, 0.717) is 18.6 Å². The van der Waals surface area contributed by atoms with Crippen molar-refractivity contribution in [3.63, 3.8) is 0 Å². The van der Waals surface area contributed by atoms with Gasteiger partial charge in [-0.25, -0.2) is 0 Å². The van der Waals surface area contributed by atoms with Crippen LogP contribution in [0.15, 0.2) is 48.7 Å². The molecule has 0 radical (unpaired) electrons. The van der Waals surface area contributed by atoms with Gasteiger partial charge in [0.05, 0.1) is 12.5 Å². The molecule has 38 heavy (non-hydrogen) atoms. The monoisotopic (exact) mass is 514 g/mol. The van der Waals surface area contributed by atoms with Gasteiger partial charge in [0.2, 0.25) is 5.91 Å². The molecule has 6 rings (SSSR count). The first-order valence-corrected chi connectivity index (χ1v) is 14.6. The zero-order valence-electron chi connectivity index (χ0n) is 22.8. The van der Waals surface area contributed by atoms with Gasteiger partial charge >= 0.3 is 0 Å². The van der Waals surface area contributed by atoms with Crippen LogP contribution in [0.5, 0.6) is 5.75 Å². The van der Waals surface area contributed by atoms with Gasteiger partial charge in [0.15, 0.2) is 0 Å². The summed E-state index contributed by atoms with van der Waals surface area (Å²) >= 11 is 0. The summed E-state index contributed by atoms with van der Waals surface area (Å²) in [6.45, 7) is 5.18. The molecule has 202 valence electrons. The molecule has 2 aliphatic heterocycles. The van der Waals surface area contributed by atoms with Crippen molar-refractivity contribution in [1.29, 1.82) is 0 Å². The number of benzene rings is 2. The Morgan fingerprint density at radius 3 is 2.89 bits per heavy atom. The highest BCUT2D eigenvalue weighted by Gasteiger charge is 2.32. The topological polar surface area (TPSA) is 60.6 Å². The molecule has 1 aliphatic carbocycles. The average molecular weight is 515 g/mol. The molecule has 6 heteroatoms. The molecule has 2 aromatic carbocycles. The largest absolute Gasteiger partial charge is 0.493 e. The Labute approximate surface area is 226 Å². The number of para-hydroxylation sites is 1. The number of aromatic nitrogens is 1. The van der Waals surface area contributed by atoms with Gasteiger partial charge in [0.1, 0.15) is 5.75 Å². The minimum atomic E-state index is -0.0103. The van der Waals surface area contributed by atoms with Crippen LogP contribution >= 0.6 is 0 Å². The standard InChI is InChI=1S/C32H42N4O2/c1-35-15-5-8-28(35)13-14-33-32(37)26-16-23(22-38-29-12-11-24-6-4-7-25(24)17-29)19-36(20-26)21-27-18-34-31-10-3-2-9-30(27)31/h2-3,9-12,17-18,23,26,28,34H,4-8,13-16,19-22H2,1H3,(H,33,37)/t23-,26+,28?/m0/s1. The lowest BCUT2D eigenvalue weighted by atomic mass is 9.88. The lowest BCUT2D eigenvalue weighted by Gasteiger charge is -2.37. The van der Waals surface area contributed by atoms with E-state index in [1.54, 1.807) is 0 Å². The molecule has 1 unspecified atom stereocenters. The summed E-state index contributed by atoms with van der Waals surface area (Å²) in [7, 11) is 2.20. The van der Waals surface area contributed by atoms with E-state index in [1.807, 2.05) is 0 Å². The van der Waals surface area contributed by atoms with Gasteiger partial charge in [-0.3, -0.25) is 9.69 Å². The Kier molecular flexibility index (Phi) is 7.70. The number of hydrogen-bond acceptors (Lipinski definition) is 4. The number of fused-ring (bicyclic) bond motifs is 2. The summed E-state index contributed by atoms with van der Waals surface area (Å²) in [5, 5.41) is 4.56. The number of nitrogens with zero attached hydrogens (tertiary/aromatic N) is 2. The molecule has 0 bridgehead atoms. The number of aromatic amines is 1. The summed E-state index contributed by atoms with van der Waals surface area (Å²) in [4.78, 5) is 21.7. The fourth-order valence-corrected chi connectivity index (χ4v) is 6.95. The number of aryl methyl sites for hydroxylation is 2. The maximum atomic E-state index is 13.4. The zero-order chi connectivity index (χ0) is 25.9. The summed E-state index contributed by atoms with van der Waals surface area (Å²) in [6, 6.07) is 15.7. The van der Waals surface area contributed by atoms with Crippen LogP contribution < -0.4 is 10.1 Å². The van der Waals surface area contributed by atoms with Crippen LogP contribution in [-0.2, 0) is 24.2 Å². The lowest BCUT2D eigenvalue weighted by molar-refractivity contribution is -0.127. The second-order valence-corrected chi connectivity index (χ2v) is 11.8. The third-order valence-corrected chi connectivity index (χ3v) is 9.06. The maximum absolute atomic E-state index is 13.4. The van der Waals surface area contributed by atoms with Crippen molar-refractivity contribution in [2.45, 2.75) is 57.5 Å². The fraction of sp³-hybridized carbons (Fsp3) is 0.531. The highest BCUT2D eigenvalue weighted by atomic mass is 16.5. The van der Waals surface area contributed by atoms with Gasteiger partial charge in [-0.05, 0) is 93.4 Å². The number of nitrogens with one attached hydrogen (secondary N) is 2. The molecule has 2 N–H and O–H groups in total. The molecule has 3 aromatic rings. The van der Waals surface area contributed by atoms with E-state index in [1.165, 1.54) is 59.8 Å². The molecule has 3 aliphatic rings. The Morgan fingerprint density at radius 2 is 2.00 bits per heavy atom. The Balaban J connectivity index is 1.11. The third kappa shape index (κ3) is 5.76. The van der Waals surface area contributed by atoms with Crippen molar-refractivity contribution >= 4 is 16.8 Å². The van der Waals surface area contributed by atoms with Crippen molar-refractivity contribution in [2.24, 2.45) is 11.8 Å². The SMILES string of the molecule is CN1CCCC1CCNC(=O)[C@@H]1C[C@H](COc2ccc3c(c2)CCC3)CN(Cc2c[nH]c3ccccc23)C1. The molecular formula is C32H42N4O2. The normalized spacial score (nSPS) is 24.1. The van der Waals surface area contributed by atoms with E-state index in [0.717, 1.165) is 51.2 Å². The van der Waals surface area contributed by atoms with Crippen molar-refractivity contribution in [3.05, 3.63) is 65.4 Å². The number of ether oxygens (including phenoxy) is 1. The van der Waals surface area contributed by atoms with Crippen LogP contribution in [0.1, 0.15) is 48.8 Å². The minimum absolute atomic E-state index is 0.0103. The van der Waals surface area contributed by atoms with E-state index >= 15 is 0 Å². The average Bonchev–Trinajstić information content (AvgIpc) is 3.67. The minimum Gasteiger partial charge on any atom is -0.493 e. The Bertz CT molecular complexity index is 1250. The van der Waals surface area contributed by atoms with Crippen LogP contribution in [0, 0.1) is 11.8 Å². The van der Waals surface area contributed by atoms with E-state index in [4.69, 9.17) is 4.74 Å². The number of amides is 1. The van der Waals surface area contributed by atoms with E-state index in [2.05, 4.69) is 75.8 Å². The first-order valence-electron chi connectivity index (χ1n) is 14.6. The summed E-state index contributed by atoms with van der Waals surface area (Å²) < 4.78 is 6.34. The molecule has 3 heterocycles. The van der Waals surface area contributed by atoms with Crippen LogP contribution in [-0.4, -0.2) is 66.6 Å². The first kappa shape index (κ1) is 25.4. The number of hydrogen-bond donors (Lipinski definition) is 2. The van der Waals surface area contributed by atoms with Crippen molar-refractivity contribution in [2.75, 3.05) is 39.8 Å². The summed E-state index contributed by atoms with van der Waals surface area (Å²) in [5.41, 5.74) is 5.38. The van der Waals surface area contributed by atoms with Crippen LogP contribution in [0.25, 0.3) is 10.9 Å². The Hall–Kier alpha value is -2.83. The van der Waals surface area contributed by atoms with Crippen LogP contribution in [0.2, 0.25) is 0 Å². The number of H-pyrrole nitrogens is 1. The van der Waals surface area contributed by atoms with Gasteiger partial charge in [0, 0.05) is 55.2 Å². The van der Waals surface area contributed by atoms with Gasteiger partial charge in [0.25, 0.3) is 0 Å². The smallest absolute Gasteiger partial charge is 0.224 e. The quantitative estimate of drug-likeness (QED) is 0.432. The number of likely N-dealkylation sites (tertiary alicyclic amines) is 2. The molecule has 0 spiro atoms. The van der Waals surface area contributed by atoms with E-state index < -0.39 is 0 Å². The molecule has 6 nitrogen and oxygen atoms in total. The van der Waals surface area contributed by atoms with Gasteiger partial charge < -0.3 is 19.9 Å². The van der Waals surface area contributed by atoms with Gasteiger partial charge in [-0.1, -0.05) is 24.3 Å². The maximum Gasteiger partial charge on any atom is 0.224 e. The summed E-state index contributed by atoms with van der Waals surface area (Å²) in [5.74, 6) is 1.49. The third-order valence-electron chi connectivity index (χ3n) is 9.06. The predicted octanol–water partition coefficient (Wildman–Crippen LogP) is 4.77. The lowest BCUT2D eigenvalue weighted by Crippen LogP contribution is -2.47. The second kappa shape index (κ2) is 11.5. The van der Waals surface area contributed by atoms with E-state index in [-0.39, 0.29) is 11.8 Å². The predicted molar refractivity (Wildman–Crippen MR) is 152 cm³/mol. The molecule has 0 saturated carbocycles. The zero-order valence-corrected chi connectivity index (χ0v) is 22.8.